The van der Waals surface area contributed by atoms with E-state index in [2.05, 4.69) is 0 Å². The van der Waals surface area contributed by atoms with Crippen LogP contribution in [0.1, 0.15) is 26.7 Å². The molecule has 1 fully saturated rings. The van der Waals surface area contributed by atoms with Crippen LogP contribution in [0.5, 0.6) is 0 Å². The van der Waals surface area contributed by atoms with Gasteiger partial charge in [0.25, 0.3) is 0 Å². The summed E-state index contributed by atoms with van der Waals surface area (Å²) >= 11 is 0. The highest BCUT2D eigenvalue weighted by Gasteiger charge is 2.28. The van der Waals surface area contributed by atoms with E-state index < -0.39 is 0 Å². The highest BCUT2D eigenvalue weighted by molar-refractivity contribution is 5.87. The highest BCUT2D eigenvalue weighted by Crippen LogP contribution is 2.16. The second-order valence-electron chi connectivity index (χ2n) is 3.34. The van der Waals surface area contributed by atoms with Gasteiger partial charge in [-0.1, -0.05) is 13.8 Å². The van der Waals surface area contributed by atoms with Crippen LogP contribution in [0.25, 0.3) is 0 Å². The van der Waals surface area contributed by atoms with E-state index in [0.29, 0.717) is 13.0 Å². The Morgan fingerprint density at radius 2 is 2.33 bits per heavy atom. The molecule has 0 radical (unpaired) electrons. The number of likely N-dealkylation sites (tertiary alicyclic amines) is 1. The van der Waals surface area contributed by atoms with Crippen molar-refractivity contribution >= 4 is 11.7 Å². The molecule has 12 heavy (non-hydrogen) atoms. The number of Topliss-reactive ketones (excluding diaryl/α,β-unsaturated/α-hetero) is 1. The molecule has 1 amide bonds. The van der Waals surface area contributed by atoms with Crippen molar-refractivity contribution in [1.29, 1.82) is 0 Å². The molecule has 1 unspecified atom stereocenters. The van der Waals surface area contributed by atoms with Crippen molar-refractivity contribution in [2.45, 2.75) is 26.7 Å². The lowest BCUT2D eigenvalue weighted by Crippen LogP contribution is -2.31. The van der Waals surface area contributed by atoms with Crippen LogP contribution in [0.15, 0.2) is 0 Å². The molecule has 1 aliphatic rings. The van der Waals surface area contributed by atoms with Gasteiger partial charge >= 0.3 is 0 Å². The van der Waals surface area contributed by atoms with Gasteiger partial charge in [0.15, 0.2) is 5.78 Å². The molecule has 0 N–H and O–H groups in total. The molecule has 68 valence electrons. The van der Waals surface area contributed by atoms with Gasteiger partial charge in [0.05, 0.1) is 6.54 Å². The summed E-state index contributed by atoms with van der Waals surface area (Å²) in [6.07, 6.45) is 1.42. The van der Waals surface area contributed by atoms with Gasteiger partial charge < -0.3 is 4.90 Å². The quantitative estimate of drug-likeness (QED) is 0.627. The summed E-state index contributed by atoms with van der Waals surface area (Å²) < 4.78 is 0. The van der Waals surface area contributed by atoms with E-state index in [1.165, 1.54) is 0 Å². The van der Waals surface area contributed by atoms with Crippen LogP contribution >= 0.6 is 0 Å². The maximum Gasteiger partial charge on any atom is 0.225 e. The molecule has 0 spiro atoms. The van der Waals surface area contributed by atoms with Gasteiger partial charge in [-0.3, -0.25) is 9.59 Å². The maximum absolute atomic E-state index is 11.3. The molecule has 0 aromatic rings. The Morgan fingerprint density at radius 1 is 1.67 bits per heavy atom. The maximum atomic E-state index is 11.3. The molecule has 1 heterocycles. The lowest BCUT2D eigenvalue weighted by molar-refractivity contribution is -0.134. The van der Waals surface area contributed by atoms with Crippen LogP contribution < -0.4 is 0 Å². The Hall–Kier alpha value is -0.860. The van der Waals surface area contributed by atoms with E-state index >= 15 is 0 Å². The van der Waals surface area contributed by atoms with Gasteiger partial charge in [-0.2, -0.15) is 0 Å². The normalized spacial score (nSPS) is 23.3. The Labute approximate surface area is 72.7 Å². The Bertz CT molecular complexity index is 201. The van der Waals surface area contributed by atoms with E-state index in [4.69, 9.17) is 0 Å². The van der Waals surface area contributed by atoms with E-state index in [1.807, 2.05) is 13.8 Å². The second-order valence-corrected chi connectivity index (χ2v) is 3.34. The predicted octanol–water partition coefficient (Wildman–Crippen LogP) is 0.834. The number of hydrogen-bond donors (Lipinski definition) is 0. The molecule has 0 saturated carbocycles. The predicted molar refractivity (Wildman–Crippen MR) is 45.7 cm³/mol. The minimum atomic E-state index is 0.120. The van der Waals surface area contributed by atoms with E-state index in [9.17, 15) is 9.59 Å². The number of nitrogens with zero attached hydrogens (tertiary/aromatic N) is 1. The zero-order valence-electron chi connectivity index (χ0n) is 7.67. The molecular formula is C9H15NO2. The summed E-state index contributed by atoms with van der Waals surface area (Å²) in [5.74, 6) is 0.406. The fourth-order valence-corrected chi connectivity index (χ4v) is 1.38. The van der Waals surface area contributed by atoms with Gasteiger partial charge in [0.2, 0.25) is 5.91 Å². The van der Waals surface area contributed by atoms with E-state index in [1.54, 1.807) is 4.90 Å². The molecule has 1 saturated heterocycles. The zero-order valence-corrected chi connectivity index (χ0v) is 7.67. The van der Waals surface area contributed by atoms with Gasteiger partial charge in [-0.05, 0) is 6.42 Å². The topological polar surface area (TPSA) is 37.4 Å². The average Bonchev–Trinajstić information content (AvgIpc) is 2.36. The zero-order chi connectivity index (χ0) is 9.14. The second kappa shape index (κ2) is 3.70. The molecule has 1 atom stereocenters. The standard InChI is InChI=1S/C9H15NO2/c1-3-8(11)6-10-5-4-7(2)9(10)12/h7H,3-6H2,1-2H3. The highest BCUT2D eigenvalue weighted by atomic mass is 16.2. The van der Waals surface area contributed by atoms with Crippen molar-refractivity contribution in [3.8, 4) is 0 Å². The third-order valence-electron chi connectivity index (χ3n) is 2.33. The lowest BCUT2D eigenvalue weighted by Gasteiger charge is -2.13. The van der Waals surface area contributed by atoms with Crippen molar-refractivity contribution in [3.05, 3.63) is 0 Å². The Balaban J connectivity index is 2.44. The first-order valence-corrected chi connectivity index (χ1v) is 4.45. The Morgan fingerprint density at radius 3 is 2.75 bits per heavy atom. The number of carbonyl (C=O) groups is 2. The lowest BCUT2D eigenvalue weighted by atomic mass is 10.1. The van der Waals surface area contributed by atoms with Crippen molar-refractivity contribution in [3.63, 3.8) is 0 Å². The fraction of sp³-hybridized carbons (Fsp3) is 0.778. The summed E-state index contributed by atoms with van der Waals surface area (Å²) in [5, 5.41) is 0. The van der Waals surface area contributed by atoms with Gasteiger partial charge in [0, 0.05) is 18.9 Å². The largest absolute Gasteiger partial charge is 0.335 e. The van der Waals surface area contributed by atoms with Crippen LogP contribution in [0, 0.1) is 5.92 Å². The van der Waals surface area contributed by atoms with Crippen LogP contribution in [0.4, 0.5) is 0 Å². The average molecular weight is 169 g/mol. The first kappa shape index (κ1) is 9.23. The summed E-state index contributed by atoms with van der Waals surface area (Å²) in [6.45, 7) is 4.82. The minimum absolute atomic E-state index is 0.120. The van der Waals surface area contributed by atoms with Crippen molar-refractivity contribution in [2.24, 2.45) is 5.92 Å². The summed E-state index contributed by atoms with van der Waals surface area (Å²) in [7, 11) is 0. The van der Waals surface area contributed by atoms with Gasteiger partial charge in [0.1, 0.15) is 0 Å². The molecule has 0 aromatic heterocycles. The summed E-state index contributed by atoms with van der Waals surface area (Å²) in [6, 6.07) is 0. The fourth-order valence-electron chi connectivity index (χ4n) is 1.38. The molecule has 1 aliphatic heterocycles. The number of ketones is 1. The van der Waals surface area contributed by atoms with Crippen LogP contribution in [-0.2, 0) is 9.59 Å². The van der Waals surface area contributed by atoms with Crippen molar-refractivity contribution < 1.29 is 9.59 Å². The van der Waals surface area contributed by atoms with Gasteiger partial charge in [-0.15, -0.1) is 0 Å². The Kier molecular flexibility index (Phi) is 2.84. The molecular weight excluding hydrogens is 154 g/mol. The minimum Gasteiger partial charge on any atom is -0.335 e. The molecule has 0 aliphatic carbocycles. The van der Waals surface area contributed by atoms with Gasteiger partial charge in [-0.25, -0.2) is 0 Å². The number of hydrogen-bond acceptors (Lipinski definition) is 2. The smallest absolute Gasteiger partial charge is 0.225 e. The van der Waals surface area contributed by atoms with Crippen LogP contribution in [-0.4, -0.2) is 29.7 Å². The first-order valence-electron chi connectivity index (χ1n) is 4.45. The summed E-state index contributed by atoms with van der Waals surface area (Å²) in [4.78, 5) is 24.0. The molecule has 1 rings (SSSR count). The van der Waals surface area contributed by atoms with Crippen molar-refractivity contribution in [1.82, 2.24) is 4.90 Å². The van der Waals surface area contributed by atoms with Crippen LogP contribution in [0.3, 0.4) is 0 Å². The molecule has 0 bridgehead atoms. The number of amides is 1. The first-order chi connectivity index (χ1) is 5.65. The number of rotatable bonds is 3. The molecule has 0 aromatic carbocycles. The molecule has 3 heteroatoms. The molecule has 3 nitrogen and oxygen atoms in total. The van der Waals surface area contributed by atoms with Crippen LogP contribution in [0.2, 0.25) is 0 Å². The SMILES string of the molecule is CCC(=O)CN1CCC(C)C1=O. The van der Waals surface area contributed by atoms with E-state index in [0.717, 1.165) is 13.0 Å². The third kappa shape index (κ3) is 1.84. The third-order valence-corrected chi connectivity index (χ3v) is 2.33. The number of carbonyl (C=O) groups excluding carboxylic acids is 2. The van der Waals surface area contributed by atoms with Crippen molar-refractivity contribution in [2.75, 3.05) is 13.1 Å². The van der Waals surface area contributed by atoms with E-state index in [-0.39, 0.29) is 17.6 Å². The summed E-state index contributed by atoms with van der Waals surface area (Å²) in [5.41, 5.74) is 0. The monoisotopic (exact) mass is 169 g/mol.